The molecule has 0 amide bonds. The molecule has 0 aliphatic carbocycles. The maximum Gasteiger partial charge on any atom is 0.132 e. The number of hydrogen-bond donors (Lipinski definition) is 2. The van der Waals surface area contributed by atoms with Crippen LogP contribution in [0.1, 0.15) is 33.7 Å². The fraction of sp³-hybridized carbons (Fsp3) is 0.0769. The van der Waals surface area contributed by atoms with Gasteiger partial charge in [0, 0.05) is 28.2 Å². The van der Waals surface area contributed by atoms with Crippen LogP contribution in [-0.2, 0) is 12.8 Å². The molecule has 0 saturated heterocycles. The minimum Gasteiger partial charge on any atom is -0.508 e. The van der Waals surface area contributed by atoms with E-state index in [1.165, 1.54) is 5.56 Å². The standard InChI is InChI=1S/C39H30O3/c1-3-8-29-27-18-22-35-38(31(27)16-20-33(29)40)37(26-14-12-25(13-15-26)24-10-6-5-7-11-24)39-32-17-21-34(41)30(9-4-2)28(32)19-23-36(39)42-35/h3-7,10-23,37,40-41H,1-2,8-9H2. The molecule has 204 valence electrons. The van der Waals surface area contributed by atoms with Gasteiger partial charge < -0.3 is 14.9 Å². The van der Waals surface area contributed by atoms with Crippen molar-refractivity contribution < 1.29 is 14.9 Å². The van der Waals surface area contributed by atoms with Crippen LogP contribution < -0.4 is 4.74 Å². The molecule has 0 radical (unpaired) electrons. The molecule has 6 aromatic carbocycles. The summed E-state index contributed by atoms with van der Waals surface area (Å²) in [5.41, 5.74) is 7.28. The van der Waals surface area contributed by atoms with Crippen LogP contribution in [0.15, 0.2) is 128 Å². The van der Waals surface area contributed by atoms with E-state index in [1.807, 2.05) is 54.6 Å². The van der Waals surface area contributed by atoms with Gasteiger partial charge in [-0.05, 0) is 75.3 Å². The molecule has 7 rings (SSSR count). The Labute approximate surface area is 245 Å². The first kappa shape index (κ1) is 25.7. The Balaban J connectivity index is 1.53. The molecule has 1 aliphatic rings. The highest BCUT2D eigenvalue weighted by Gasteiger charge is 2.33. The monoisotopic (exact) mass is 546 g/mol. The van der Waals surface area contributed by atoms with E-state index in [1.54, 1.807) is 12.1 Å². The van der Waals surface area contributed by atoms with E-state index < -0.39 is 0 Å². The van der Waals surface area contributed by atoms with E-state index in [2.05, 4.69) is 61.7 Å². The third-order valence-corrected chi connectivity index (χ3v) is 8.42. The van der Waals surface area contributed by atoms with Crippen LogP contribution in [-0.4, -0.2) is 10.2 Å². The van der Waals surface area contributed by atoms with Gasteiger partial charge in [0.25, 0.3) is 0 Å². The Hall–Kier alpha value is -5.28. The lowest BCUT2D eigenvalue weighted by atomic mass is 9.77. The van der Waals surface area contributed by atoms with Gasteiger partial charge in [0.15, 0.2) is 0 Å². The normalized spacial score (nSPS) is 12.5. The van der Waals surface area contributed by atoms with Crippen LogP contribution in [0, 0.1) is 0 Å². The Bertz CT molecular complexity index is 1900. The predicted octanol–water partition coefficient (Wildman–Crippen LogP) is 9.81. The molecule has 2 N–H and O–H groups in total. The number of phenolic OH excluding ortho intramolecular Hbond substituents is 2. The van der Waals surface area contributed by atoms with Crippen molar-refractivity contribution in [1.29, 1.82) is 0 Å². The van der Waals surface area contributed by atoms with Crippen LogP contribution in [0.3, 0.4) is 0 Å². The molecule has 0 unspecified atom stereocenters. The molecule has 42 heavy (non-hydrogen) atoms. The van der Waals surface area contributed by atoms with Crippen molar-refractivity contribution in [3.05, 3.63) is 156 Å². The van der Waals surface area contributed by atoms with Crippen molar-refractivity contribution in [3.8, 4) is 34.1 Å². The van der Waals surface area contributed by atoms with Crippen molar-refractivity contribution >= 4 is 21.5 Å². The van der Waals surface area contributed by atoms with Gasteiger partial charge in [0.05, 0.1) is 0 Å². The molecule has 3 heteroatoms. The fourth-order valence-electron chi connectivity index (χ4n) is 6.51. The number of allylic oxidation sites excluding steroid dienone is 2. The molecule has 6 aromatic rings. The number of fused-ring (bicyclic) bond motifs is 6. The van der Waals surface area contributed by atoms with Gasteiger partial charge in [0.2, 0.25) is 0 Å². The first-order valence-corrected chi connectivity index (χ1v) is 14.2. The summed E-state index contributed by atoms with van der Waals surface area (Å²) < 4.78 is 6.63. The Morgan fingerprint density at radius 2 is 1.02 bits per heavy atom. The van der Waals surface area contributed by atoms with Crippen molar-refractivity contribution in [2.75, 3.05) is 0 Å². The van der Waals surface area contributed by atoms with Crippen molar-refractivity contribution in [2.24, 2.45) is 0 Å². The van der Waals surface area contributed by atoms with Crippen molar-refractivity contribution in [2.45, 2.75) is 18.8 Å². The highest BCUT2D eigenvalue weighted by Crippen LogP contribution is 2.53. The molecular formula is C39H30O3. The quantitative estimate of drug-likeness (QED) is 0.204. The molecule has 0 bridgehead atoms. The molecule has 1 heterocycles. The molecule has 0 saturated carbocycles. The van der Waals surface area contributed by atoms with E-state index in [4.69, 9.17) is 4.74 Å². The van der Waals surface area contributed by atoms with Crippen molar-refractivity contribution in [1.82, 2.24) is 0 Å². The van der Waals surface area contributed by atoms with Crippen LogP contribution in [0.2, 0.25) is 0 Å². The number of phenols is 2. The lowest BCUT2D eigenvalue weighted by Gasteiger charge is -2.32. The molecule has 0 fully saturated rings. The second-order valence-corrected chi connectivity index (χ2v) is 10.8. The molecule has 1 aliphatic heterocycles. The SMILES string of the molecule is C=CCc1c(O)ccc2c3c(ccc12)Oc1ccc2c(CC=C)c(O)ccc2c1C3c1ccc(-c2ccccc2)cc1. The van der Waals surface area contributed by atoms with E-state index in [0.717, 1.165) is 66.4 Å². The lowest BCUT2D eigenvalue weighted by Crippen LogP contribution is -2.13. The number of rotatable bonds is 6. The maximum absolute atomic E-state index is 10.8. The third-order valence-electron chi connectivity index (χ3n) is 8.42. The second kappa shape index (κ2) is 10.3. The van der Waals surface area contributed by atoms with E-state index in [0.29, 0.717) is 12.8 Å². The summed E-state index contributed by atoms with van der Waals surface area (Å²) in [4.78, 5) is 0. The summed E-state index contributed by atoms with van der Waals surface area (Å²) >= 11 is 0. The Morgan fingerprint density at radius 1 is 0.548 bits per heavy atom. The summed E-state index contributed by atoms with van der Waals surface area (Å²) in [6.45, 7) is 7.84. The minimum atomic E-state index is -0.150. The molecule has 0 spiro atoms. The third kappa shape index (κ3) is 4.05. The van der Waals surface area contributed by atoms with Crippen LogP contribution >= 0.6 is 0 Å². The highest BCUT2D eigenvalue weighted by atomic mass is 16.5. The lowest BCUT2D eigenvalue weighted by molar-refractivity contribution is 0.455. The Morgan fingerprint density at radius 3 is 1.52 bits per heavy atom. The molecule has 0 aromatic heterocycles. The molecule has 0 atom stereocenters. The largest absolute Gasteiger partial charge is 0.508 e. The highest BCUT2D eigenvalue weighted by molar-refractivity contribution is 5.98. The second-order valence-electron chi connectivity index (χ2n) is 10.8. The molecule has 3 nitrogen and oxygen atoms in total. The van der Waals surface area contributed by atoms with Gasteiger partial charge in [-0.3, -0.25) is 0 Å². The minimum absolute atomic E-state index is 0.150. The first-order valence-electron chi connectivity index (χ1n) is 14.2. The summed E-state index contributed by atoms with van der Waals surface area (Å²) in [6.07, 6.45) is 4.76. The van der Waals surface area contributed by atoms with Crippen LogP contribution in [0.25, 0.3) is 32.7 Å². The number of hydrogen-bond acceptors (Lipinski definition) is 3. The summed E-state index contributed by atoms with van der Waals surface area (Å²) in [6, 6.07) is 34.8. The summed E-state index contributed by atoms with van der Waals surface area (Å²) in [5.74, 6) is 1.97. The van der Waals surface area contributed by atoms with E-state index >= 15 is 0 Å². The van der Waals surface area contributed by atoms with Crippen LogP contribution in [0.5, 0.6) is 23.0 Å². The molecular weight excluding hydrogens is 516 g/mol. The average Bonchev–Trinajstić information content (AvgIpc) is 3.03. The Kier molecular flexibility index (Phi) is 6.28. The number of ether oxygens (including phenoxy) is 1. The zero-order valence-corrected chi connectivity index (χ0v) is 23.2. The van der Waals surface area contributed by atoms with Gasteiger partial charge >= 0.3 is 0 Å². The van der Waals surface area contributed by atoms with Gasteiger partial charge in [0.1, 0.15) is 23.0 Å². The van der Waals surface area contributed by atoms with E-state index in [-0.39, 0.29) is 17.4 Å². The van der Waals surface area contributed by atoms with Gasteiger partial charge in [-0.25, -0.2) is 0 Å². The zero-order valence-electron chi connectivity index (χ0n) is 23.2. The van der Waals surface area contributed by atoms with Gasteiger partial charge in [-0.2, -0.15) is 0 Å². The predicted molar refractivity (Wildman–Crippen MR) is 172 cm³/mol. The average molecular weight is 547 g/mol. The van der Waals surface area contributed by atoms with E-state index in [9.17, 15) is 10.2 Å². The van der Waals surface area contributed by atoms with Crippen molar-refractivity contribution in [3.63, 3.8) is 0 Å². The topological polar surface area (TPSA) is 49.7 Å². The first-order chi connectivity index (χ1) is 20.6. The summed E-state index contributed by atoms with van der Waals surface area (Å²) in [7, 11) is 0. The van der Waals surface area contributed by atoms with Gasteiger partial charge in [-0.15, -0.1) is 13.2 Å². The zero-order chi connectivity index (χ0) is 28.8. The smallest absolute Gasteiger partial charge is 0.132 e. The fourth-order valence-corrected chi connectivity index (χ4v) is 6.51. The number of benzene rings is 6. The maximum atomic E-state index is 10.8. The summed E-state index contributed by atoms with van der Waals surface area (Å²) in [5, 5.41) is 25.6. The van der Waals surface area contributed by atoms with Gasteiger partial charge in [-0.1, -0.05) is 91.0 Å². The number of aromatic hydroxyl groups is 2. The van der Waals surface area contributed by atoms with Crippen LogP contribution in [0.4, 0.5) is 0 Å².